The number of carbonyl (C=O) groups is 1. The molecule has 2 aromatic rings. The molecule has 0 N–H and O–H groups in total. The van der Waals surface area contributed by atoms with Gasteiger partial charge in [-0.2, -0.15) is 0 Å². The Morgan fingerprint density at radius 1 is 1.10 bits per heavy atom. The van der Waals surface area contributed by atoms with Crippen molar-refractivity contribution < 1.29 is 4.79 Å². The van der Waals surface area contributed by atoms with Gasteiger partial charge in [0.15, 0.2) is 5.78 Å². The Bertz CT molecular complexity index is 654. The average Bonchev–Trinajstić information content (AvgIpc) is 3.33. The van der Waals surface area contributed by atoms with E-state index in [9.17, 15) is 4.79 Å². The van der Waals surface area contributed by atoms with Crippen molar-refractivity contribution in [1.29, 1.82) is 0 Å². The molecule has 1 nitrogen and oxygen atoms in total. The summed E-state index contributed by atoms with van der Waals surface area (Å²) in [5, 5.41) is 0. The maximum atomic E-state index is 12.0. The third-order valence-electron chi connectivity index (χ3n) is 3.99. The second kappa shape index (κ2) is 6.07. The van der Waals surface area contributed by atoms with Crippen LogP contribution in [0.25, 0.3) is 0 Å². The van der Waals surface area contributed by atoms with Crippen molar-refractivity contribution >= 4 is 17.5 Å². The molecule has 1 aliphatic rings. The maximum absolute atomic E-state index is 12.0. The van der Waals surface area contributed by atoms with Crippen molar-refractivity contribution in [3.8, 4) is 0 Å². The molecule has 3 rings (SSSR count). The fourth-order valence-corrected chi connectivity index (χ4v) is 3.38. The zero-order valence-electron chi connectivity index (χ0n) is 12.6. The second-order valence-corrected chi connectivity index (χ2v) is 6.93. The van der Waals surface area contributed by atoms with Crippen LogP contribution in [0.4, 0.5) is 0 Å². The van der Waals surface area contributed by atoms with Crippen LogP contribution in [0.5, 0.6) is 0 Å². The van der Waals surface area contributed by atoms with Gasteiger partial charge in [-0.05, 0) is 49.9 Å². The molecule has 2 heteroatoms. The Labute approximate surface area is 130 Å². The maximum Gasteiger partial charge on any atom is 0.165 e. The molecule has 0 spiro atoms. The quantitative estimate of drug-likeness (QED) is 0.558. The highest BCUT2D eigenvalue weighted by atomic mass is 32.2. The van der Waals surface area contributed by atoms with Crippen molar-refractivity contribution in [2.75, 3.05) is 0 Å². The standard InChI is InChI=1S/C19H20OS/c1-13-3-4-14(2)17(11-13)12-21-18-9-7-16(8-10-18)19(20)15-5-6-15/h3-4,7-11,15H,5-6,12H2,1-2H3. The van der Waals surface area contributed by atoms with Crippen LogP contribution in [-0.2, 0) is 5.75 Å². The lowest BCUT2D eigenvalue weighted by Gasteiger charge is -2.07. The summed E-state index contributed by atoms with van der Waals surface area (Å²) in [6.45, 7) is 4.29. The predicted molar refractivity (Wildman–Crippen MR) is 89.0 cm³/mol. The Morgan fingerprint density at radius 3 is 2.48 bits per heavy atom. The van der Waals surface area contributed by atoms with Crippen LogP contribution < -0.4 is 0 Å². The van der Waals surface area contributed by atoms with Gasteiger partial charge in [-0.1, -0.05) is 35.9 Å². The van der Waals surface area contributed by atoms with Gasteiger partial charge in [-0.25, -0.2) is 0 Å². The first-order valence-corrected chi connectivity index (χ1v) is 8.45. The Balaban J connectivity index is 1.65. The van der Waals surface area contributed by atoms with Gasteiger partial charge >= 0.3 is 0 Å². The van der Waals surface area contributed by atoms with Gasteiger partial charge in [0.25, 0.3) is 0 Å². The van der Waals surface area contributed by atoms with Gasteiger partial charge in [0.1, 0.15) is 0 Å². The second-order valence-electron chi connectivity index (χ2n) is 5.88. The number of carbonyl (C=O) groups excluding carboxylic acids is 1. The summed E-state index contributed by atoms with van der Waals surface area (Å²) >= 11 is 1.83. The van der Waals surface area contributed by atoms with Crippen LogP contribution >= 0.6 is 11.8 Å². The molecule has 2 aromatic carbocycles. The number of rotatable bonds is 5. The molecule has 0 atom stereocenters. The minimum atomic E-state index is 0.304. The lowest BCUT2D eigenvalue weighted by atomic mass is 10.1. The largest absolute Gasteiger partial charge is 0.294 e. The highest BCUT2D eigenvalue weighted by Gasteiger charge is 2.30. The van der Waals surface area contributed by atoms with E-state index in [4.69, 9.17) is 0 Å². The molecule has 0 aliphatic heterocycles. The zero-order chi connectivity index (χ0) is 14.8. The summed E-state index contributed by atoms with van der Waals surface area (Å²) in [6, 6.07) is 14.7. The topological polar surface area (TPSA) is 17.1 Å². The van der Waals surface area contributed by atoms with Gasteiger partial charge in [-0.15, -0.1) is 11.8 Å². The van der Waals surface area contributed by atoms with Crippen molar-refractivity contribution in [2.24, 2.45) is 5.92 Å². The van der Waals surface area contributed by atoms with Gasteiger partial charge < -0.3 is 0 Å². The van der Waals surface area contributed by atoms with E-state index in [0.717, 1.165) is 24.2 Å². The fourth-order valence-electron chi connectivity index (χ4n) is 2.41. The minimum Gasteiger partial charge on any atom is -0.294 e. The predicted octanol–water partition coefficient (Wildman–Crippen LogP) is 5.19. The summed E-state index contributed by atoms with van der Waals surface area (Å²) in [4.78, 5) is 13.2. The van der Waals surface area contributed by atoms with Gasteiger partial charge in [-0.3, -0.25) is 4.79 Å². The molecule has 108 valence electrons. The van der Waals surface area contributed by atoms with Crippen molar-refractivity contribution in [1.82, 2.24) is 0 Å². The molecule has 0 aromatic heterocycles. The molecule has 0 bridgehead atoms. The summed E-state index contributed by atoms with van der Waals surface area (Å²) in [5.41, 5.74) is 4.90. The molecule has 21 heavy (non-hydrogen) atoms. The summed E-state index contributed by atoms with van der Waals surface area (Å²) in [6.07, 6.45) is 2.14. The summed E-state index contributed by atoms with van der Waals surface area (Å²) in [5.74, 6) is 1.60. The van der Waals surface area contributed by atoms with Crippen molar-refractivity contribution in [3.63, 3.8) is 0 Å². The van der Waals surface area contributed by atoms with Gasteiger partial charge in [0.2, 0.25) is 0 Å². The first-order valence-electron chi connectivity index (χ1n) is 7.47. The number of benzene rings is 2. The van der Waals surface area contributed by atoms with E-state index in [1.54, 1.807) is 0 Å². The fraction of sp³-hybridized carbons (Fsp3) is 0.316. The number of aryl methyl sites for hydroxylation is 2. The number of thioether (sulfide) groups is 1. The third kappa shape index (κ3) is 3.56. The van der Waals surface area contributed by atoms with Crippen molar-refractivity contribution in [2.45, 2.75) is 37.3 Å². The molecule has 0 saturated heterocycles. The zero-order valence-corrected chi connectivity index (χ0v) is 13.4. The molecule has 0 unspecified atom stereocenters. The third-order valence-corrected chi connectivity index (χ3v) is 5.05. The molecule has 0 amide bonds. The van der Waals surface area contributed by atoms with E-state index >= 15 is 0 Å². The Kier molecular flexibility index (Phi) is 4.16. The smallest absolute Gasteiger partial charge is 0.165 e. The van der Waals surface area contributed by atoms with E-state index in [2.05, 4.69) is 44.2 Å². The average molecular weight is 296 g/mol. The van der Waals surface area contributed by atoms with Crippen molar-refractivity contribution in [3.05, 3.63) is 64.7 Å². The molecule has 1 aliphatic carbocycles. The van der Waals surface area contributed by atoms with E-state index in [-0.39, 0.29) is 0 Å². The van der Waals surface area contributed by atoms with E-state index in [1.807, 2.05) is 23.9 Å². The highest BCUT2D eigenvalue weighted by molar-refractivity contribution is 7.98. The lowest BCUT2D eigenvalue weighted by Crippen LogP contribution is -2.00. The SMILES string of the molecule is Cc1ccc(C)c(CSc2ccc(C(=O)C3CC3)cc2)c1. The lowest BCUT2D eigenvalue weighted by molar-refractivity contribution is 0.0967. The normalized spacial score (nSPS) is 14.2. The van der Waals surface area contributed by atoms with Crippen LogP contribution in [0.3, 0.4) is 0 Å². The Hall–Kier alpha value is -1.54. The number of hydrogen-bond acceptors (Lipinski definition) is 2. The highest BCUT2D eigenvalue weighted by Crippen LogP contribution is 2.33. The molecule has 0 radical (unpaired) electrons. The van der Waals surface area contributed by atoms with Crippen LogP contribution in [-0.4, -0.2) is 5.78 Å². The van der Waals surface area contributed by atoms with Gasteiger partial charge in [0.05, 0.1) is 0 Å². The van der Waals surface area contributed by atoms with Crippen LogP contribution in [0.15, 0.2) is 47.4 Å². The van der Waals surface area contributed by atoms with Crippen LogP contribution in [0.1, 0.15) is 39.9 Å². The molecule has 0 heterocycles. The Morgan fingerprint density at radius 2 is 1.81 bits per heavy atom. The molecule has 1 saturated carbocycles. The van der Waals surface area contributed by atoms with Gasteiger partial charge in [0, 0.05) is 22.1 Å². The molecular formula is C19H20OS. The first-order chi connectivity index (χ1) is 10.1. The monoisotopic (exact) mass is 296 g/mol. The van der Waals surface area contributed by atoms with Crippen LogP contribution in [0.2, 0.25) is 0 Å². The first kappa shape index (κ1) is 14.4. The van der Waals surface area contributed by atoms with Crippen LogP contribution in [0, 0.1) is 19.8 Å². The number of Topliss-reactive ketones (excluding diaryl/α,β-unsaturated/α-hetero) is 1. The number of hydrogen-bond donors (Lipinski definition) is 0. The number of ketones is 1. The summed E-state index contributed by atoms with van der Waals surface area (Å²) in [7, 11) is 0. The van der Waals surface area contributed by atoms with E-state index in [0.29, 0.717) is 11.7 Å². The van der Waals surface area contributed by atoms with E-state index in [1.165, 1.54) is 21.6 Å². The van der Waals surface area contributed by atoms with E-state index < -0.39 is 0 Å². The summed E-state index contributed by atoms with van der Waals surface area (Å²) < 4.78 is 0. The molecule has 1 fully saturated rings. The minimum absolute atomic E-state index is 0.304. The molecular weight excluding hydrogens is 276 g/mol.